The number of aromatic nitrogens is 2. The van der Waals surface area contributed by atoms with Gasteiger partial charge >= 0.3 is 0 Å². The van der Waals surface area contributed by atoms with Gasteiger partial charge in [-0.1, -0.05) is 18.2 Å². The van der Waals surface area contributed by atoms with Crippen molar-refractivity contribution < 1.29 is 0 Å². The van der Waals surface area contributed by atoms with Gasteiger partial charge in [-0.2, -0.15) is 0 Å². The normalized spacial score (nSPS) is 11.6. The van der Waals surface area contributed by atoms with Crippen LogP contribution in [-0.4, -0.2) is 15.8 Å². The molecule has 3 aromatic rings. The van der Waals surface area contributed by atoms with Crippen molar-refractivity contribution in [3.05, 3.63) is 66.5 Å². The van der Waals surface area contributed by atoms with Gasteiger partial charge in [0.25, 0.3) is 0 Å². The molecular formula is C15H13N5. The van der Waals surface area contributed by atoms with E-state index in [1.807, 2.05) is 48.5 Å². The van der Waals surface area contributed by atoms with Crippen LogP contribution in [0.15, 0.2) is 65.9 Å². The molecule has 1 heterocycles. The Labute approximate surface area is 116 Å². The predicted molar refractivity (Wildman–Crippen MR) is 79.5 cm³/mol. The van der Waals surface area contributed by atoms with Crippen LogP contribution in [0.5, 0.6) is 0 Å². The van der Waals surface area contributed by atoms with Gasteiger partial charge in [-0.3, -0.25) is 9.97 Å². The number of nitrogens with one attached hydrogen (secondary N) is 1. The van der Waals surface area contributed by atoms with E-state index in [4.69, 9.17) is 5.84 Å². The zero-order valence-electron chi connectivity index (χ0n) is 10.7. The van der Waals surface area contributed by atoms with E-state index in [0.717, 1.165) is 22.3 Å². The molecule has 0 radical (unpaired) electrons. The van der Waals surface area contributed by atoms with Crippen LogP contribution in [0.1, 0.15) is 5.56 Å². The molecule has 0 aliphatic heterocycles. The zero-order valence-corrected chi connectivity index (χ0v) is 10.7. The molecule has 3 N–H and O–H groups in total. The Hall–Kier alpha value is -2.79. The fraction of sp³-hybridized carbons (Fsp3) is 0. The topological polar surface area (TPSA) is 76.2 Å². The summed E-state index contributed by atoms with van der Waals surface area (Å²) in [5.74, 6) is 6.17. The lowest BCUT2D eigenvalue weighted by atomic mass is 10.1. The van der Waals surface area contributed by atoms with E-state index in [9.17, 15) is 0 Å². The maximum atomic E-state index is 5.58. The van der Waals surface area contributed by atoms with Crippen molar-refractivity contribution >= 4 is 22.6 Å². The average molecular weight is 263 g/mol. The smallest absolute Gasteiger partial charge is 0.147 e. The summed E-state index contributed by atoms with van der Waals surface area (Å²) in [6.45, 7) is 0. The lowest BCUT2D eigenvalue weighted by Crippen LogP contribution is -2.30. The molecule has 0 bridgehead atoms. The Kier molecular flexibility index (Phi) is 3.34. The number of para-hydroxylation sites is 1. The average Bonchev–Trinajstić information content (AvgIpc) is 2.53. The maximum Gasteiger partial charge on any atom is 0.147 e. The minimum absolute atomic E-state index is 0.587. The van der Waals surface area contributed by atoms with Crippen LogP contribution in [0.25, 0.3) is 11.0 Å². The molecule has 2 aromatic carbocycles. The predicted octanol–water partition coefficient (Wildman–Crippen LogP) is 2.17. The minimum atomic E-state index is 0.587. The molecule has 0 spiro atoms. The summed E-state index contributed by atoms with van der Waals surface area (Å²) in [4.78, 5) is 13.0. The first-order valence-corrected chi connectivity index (χ1v) is 6.18. The van der Waals surface area contributed by atoms with Crippen molar-refractivity contribution in [1.29, 1.82) is 0 Å². The highest BCUT2D eigenvalue weighted by molar-refractivity contribution is 6.02. The third kappa shape index (κ3) is 2.48. The molecule has 0 aliphatic rings. The Morgan fingerprint density at radius 1 is 0.950 bits per heavy atom. The number of hydrazine groups is 1. The first kappa shape index (κ1) is 12.3. The monoisotopic (exact) mass is 263 g/mol. The zero-order chi connectivity index (χ0) is 13.8. The molecule has 5 nitrogen and oxygen atoms in total. The highest BCUT2D eigenvalue weighted by Gasteiger charge is 2.04. The molecule has 0 aliphatic carbocycles. The van der Waals surface area contributed by atoms with Crippen LogP contribution in [-0.2, 0) is 0 Å². The van der Waals surface area contributed by atoms with Crippen molar-refractivity contribution in [3.63, 3.8) is 0 Å². The standard InChI is InChI=1S/C15H13N5/c16-20-15(19-12-4-2-1-3-5-12)11-6-7-13-14(10-11)18-9-8-17-13/h1-10H,16H2,(H,19,20). The number of rotatable bonds is 2. The van der Waals surface area contributed by atoms with E-state index in [1.54, 1.807) is 12.4 Å². The highest BCUT2D eigenvalue weighted by atomic mass is 15.2. The van der Waals surface area contributed by atoms with Crippen molar-refractivity contribution in [2.75, 3.05) is 0 Å². The number of benzene rings is 2. The van der Waals surface area contributed by atoms with Crippen LogP contribution in [0.2, 0.25) is 0 Å². The van der Waals surface area contributed by atoms with Gasteiger partial charge < -0.3 is 5.43 Å². The van der Waals surface area contributed by atoms with Gasteiger partial charge in [-0.25, -0.2) is 10.8 Å². The van der Waals surface area contributed by atoms with Crippen LogP contribution in [0.3, 0.4) is 0 Å². The lowest BCUT2D eigenvalue weighted by Gasteiger charge is -2.06. The molecule has 5 heteroatoms. The first-order valence-electron chi connectivity index (χ1n) is 6.18. The van der Waals surface area contributed by atoms with Crippen molar-refractivity contribution in [2.45, 2.75) is 0 Å². The Morgan fingerprint density at radius 3 is 2.45 bits per heavy atom. The summed E-state index contributed by atoms with van der Waals surface area (Å²) in [6, 6.07) is 15.4. The van der Waals surface area contributed by atoms with E-state index in [-0.39, 0.29) is 0 Å². The molecule has 3 rings (SSSR count). The summed E-state index contributed by atoms with van der Waals surface area (Å²) < 4.78 is 0. The number of fused-ring (bicyclic) bond motifs is 1. The molecule has 0 unspecified atom stereocenters. The van der Waals surface area contributed by atoms with Crippen LogP contribution < -0.4 is 11.3 Å². The molecule has 1 aromatic heterocycles. The summed E-state index contributed by atoms with van der Waals surface area (Å²) in [5, 5.41) is 0. The summed E-state index contributed by atoms with van der Waals surface area (Å²) in [5.41, 5.74) is 5.98. The van der Waals surface area contributed by atoms with E-state index in [1.165, 1.54) is 0 Å². The fourth-order valence-electron chi connectivity index (χ4n) is 1.92. The molecule has 98 valence electrons. The summed E-state index contributed by atoms with van der Waals surface area (Å²) in [6.07, 6.45) is 3.33. The van der Waals surface area contributed by atoms with Crippen molar-refractivity contribution in [2.24, 2.45) is 10.8 Å². The summed E-state index contributed by atoms with van der Waals surface area (Å²) in [7, 11) is 0. The quantitative estimate of drug-likeness (QED) is 0.321. The maximum absolute atomic E-state index is 5.58. The van der Waals surface area contributed by atoms with E-state index in [2.05, 4.69) is 20.4 Å². The largest absolute Gasteiger partial charge is 0.308 e. The Morgan fingerprint density at radius 2 is 1.70 bits per heavy atom. The summed E-state index contributed by atoms with van der Waals surface area (Å²) >= 11 is 0. The second-order valence-corrected chi connectivity index (χ2v) is 4.20. The van der Waals surface area contributed by atoms with Gasteiger partial charge in [-0.05, 0) is 30.3 Å². The number of nitrogens with two attached hydrogens (primary N) is 1. The highest BCUT2D eigenvalue weighted by Crippen LogP contribution is 2.15. The number of hydrogen-bond acceptors (Lipinski definition) is 4. The van der Waals surface area contributed by atoms with Crippen molar-refractivity contribution in [1.82, 2.24) is 15.4 Å². The number of amidine groups is 1. The van der Waals surface area contributed by atoms with E-state index < -0.39 is 0 Å². The number of aliphatic imine (C=N–C) groups is 1. The second-order valence-electron chi connectivity index (χ2n) is 4.20. The molecule has 20 heavy (non-hydrogen) atoms. The van der Waals surface area contributed by atoms with Gasteiger partial charge in [0.05, 0.1) is 16.7 Å². The van der Waals surface area contributed by atoms with E-state index >= 15 is 0 Å². The number of nitrogens with zero attached hydrogens (tertiary/aromatic N) is 3. The van der Waals surface area contributed by atoms with Crippen LogP contribution >= 0.6 is 0 Å². The van der Waals surface area contributed by atoms with Gasteiger partial charge in [0, 0.05) is 18.0 Å². The number of hydrogen-bond donors (Lipinski definition) is 2. The SMILES string of the molecule is NNC(=Nc1ccccc1)c1ccc2nccnc2c1. The first-order chi connectivity index (χ1) is 9.86. The third-order valence-electron chi connectivity index (χ3n) is 2.88. The lowest BCUT2D eigenvalue weighted by molar-refractivity contribution is 1.02. The van der Waals surface area contributed by atoms with Crippen molar-refractivity contribution in [3.8, 4) is 0 Å². The molecular weight excluding hydrogens is 250 g/mol. The Balaban J connectivity index is 2.05. The van der Waals surface area contributed by atoms with Gasteiger partial charge in [0.15, 0.2) is 0 Å². The third-order valence-corrected chi connectivity index (χ3v) is 2.88. The van der Waals surface area contributed by atoms with Gasteiger partial charge in [0.1, 0.15) is 5.84 Å². The van der Waals surface area contributed by atoms with E-state index in [0.29, 0.717) is 5.84 Å². The minimum Gasteiger partial charge on any atom is -0.308 e. The molecule has 0 fully saturated rings. The van der Waals surface area contributed by atoms with Crippen LogP contribution in [0.4, 0.5) is 5.69 Å². The molecule has 0 atom stereocenters. The molecule has 0 saturated heterocycles. The van der Waals surface area contributed by atoms with Crippen LogP contribution in [0, 0.1) is 0 Å². The van der Waals surface area contributed by atoms with Gasteiger partial charge in [0.2, 0.25) is 0 Å². The second kappa shape index (κ2) is 5.46. The van der Waals surface area contributed by atoms with Gasteiger partial charge in [-0.15, -0.1) is 0 Å². The Bertz CT molecular complexity index is 752. The molecule has 0 amide bonds. The molecule has 0 saturated carbocycles. The fourth-order valence-corrected chi connectivity index (χ4v) is 1.92.